The lowest BCUT2D eigenvalue weighted by Crippen LogP contribution is -2.17. The van der Waals surface area contributed by atoms with Crippen molar-refractivity contribution < 1.29 is 18.0 Å². The van der Waals surface area contributed by atoms with Crippen molar-refractivity contribution >= 4 is 11.7 Å². The predicted molar refractivity (Wildman–Crippen MR) is 97.0 cm³/mol. The number of primary amides is 1. The summed E-state index contributed by atoms with van der Waals surface area (Å²) in [5, 5.41) is 3.03. The van der Waals surface area contributed by atoms with Gasteiger partial charge >= 0.3 is 6.18 Å². The minimum Gasteiger partial charge on any atom is -0.365 e. The van der Waals surface area contributed by atoms with Crippen LogP contribution in [0.2, 0.25) is 0 Å². The summed E-state index contributed by atoms with van der Waals surface area (Å²) in [5.41, 5.74) is 6.24. The van der Waals surface area contributed by atoms with Gasteiger partial charge in [0.25, 0.3) is 5.91 Å². The molecule has 0 fully saturated rings. The maximum absolute atomic E-state index is 13.0. The molecule has 0 atom stereocenters. The molecule has 0 aliphatic heterocycles. The van der Waals surface area contributed by atoms with Gasteiger partial charge in [-0.25, -0.2) is 4.98 Å². The van der Waals surface area contributed by atoms with Crippen molar-refractivity contribution in [1.82, 2.24) is 4.98 Å². The van der Waals surface area contributed by atoms with E-state index in [1.165, 1.54) is 24.4 Å². The summed E-state index contributed by atoms with van der Waals surface area (Å²) in [7, 11) is 0. The maximum Gasteiger partial charge on any atom is 0.416 e. The zero-order valence-corrected chi connectivity index (χ0v) is 14.1. The summed E-state index contributed by atoms with van der Waals surface area (Å²) in [4.78, 5) is 16.2. The first-order valence-electron chi connectivity index (χ1n) is 8.10. The van der Waals surface area contributed by atoms with Crippen molar-refractivity contribution in [3.8, 4) is 11.1 Å². The second-order valence-electron chi connectivity index (χ2n) is 5.86. The molecule has 0 aliphatic rings. The fourth-order valence-corrected chi connectivity index (χ4v) is 2.73. The first kappa shape index (κ1) is 18.4. The monoisotopic (exact) mass is 371 g/mol. The lowest BCUT2D eigenvalue weighted by molar-refractivity contribution is -0.137. The molecule has 3 aromatic rings. The molecular weight excluding hydrogens is 355 g/mol. The molecule has 3 N–H and O–H groups in total. The van der Waals surface area contributed by atoms with Crippen molar-refractivity contribution in [2.45, 2.75) is 12.7 Å². The number of benzene rings is 2. The number of amides is 1. The standard InChI is InChI=1S/C20H16F3N3O/c21-20(22,23)15-8-4-7-14(11-15)16-9-10-25-19(17(16)18(24)27)26-12-13-5-2-1-3-6-13/h1-11H,12H2,(H2,24,27)(H,25,26). The number of rotatable bonds is 5. The molecule has 2 aromatic carbocycles. The third-order valence-electron chi connectivity index (χ3n) is 4.00. The largest absolute Gasteiger partial charge is 0.416 e. The Balaban J connectivity index is 2.00. The maximum atomic E-state index is 13.0. The van der Waals surface area contributed by atoms with Gasteiger partial charge in [-0.3, -0.25) is 4.79 Å². The highest BCUT2D eigenvalue weighted by atomic mass is 19.4. The lowest BCUT2D eigenvalue weighted by Gasteiger charge is -2.14. The Hall–Kier alpha value is -3.35. The molecule has 1 heterocycles. The zero-order chi connectivity index (χ0) is 19.4. The molecule has 3 rings (SSSR count). The van der Waals surface area contributed by atoms with Crippen LogP contribution >= 0.6 is 0 Å². The van der Waals surface area contributed by atoms with Gasteiger partial charge in [0.1, 0.15) is 5.82 Å². The molecule has 0 aliphatic carbocycles. The Morgan fingerprint density at radius 2 is 1.78 bits per heavy atom. The van der Waals surface area contributed by atoms with Crippen LogP contribution in [0, 0.1) is 0 Å². The first-order chi connectivity index (χ1) is 12.9. The van der Waals surface area contributed by atoms with Crippen molar-refractivity contribution in [1.29, 1.82) is 0 Å². The summed E-state index contributed by atoms with van der Waals surface area (Å²) in [6.45, 7) is 0.389. The highest BCUT2D eigenvalue weighted by Gasteiger charge is 2.30. The van der Waals surface area contributed by atoms with E-state index in [4.69, 9.17) is 5.73 Å². The fraction of sp³-hybridized carbons (Fsp3) is 0.100. The predicted octanol–water partition coefficient (Wildman–Crippen LogP) is 4.48. The van der Waals surface area contributed by atoms with Crippen LogP contribution in [0.4, 0.5) is 19.0 Å². The number of aromatic nitrogens is 1. The molecule has 138 valence electrons. The molecule has 0 unspecified atom stereocenters. The number of nitrogens with zero attached hydrogens (tertiary/aromatic N) is 1. The van der Waals surface area contributed by atoms with Crippen LogP contribution in [-0.2, 0) is 12.7 Å². The van der Waals surface area contributed by atoms with E-state index in [0.717, 1.165) is 17.7 Å². The number of hydrogen-bond acceptors (Lipinski definition) is 3. The Morgan fingerprint density at radius 3 is 2.44 bits per heavy atom. The van der Waals surface area contributed by atoms with Crippen LogP contribution in [0.15, 0.2) is 66.9 Å². The smallest absolute Gasteiger partial charge is 0.365 e. The van der Waals surface area contributed by atoms with Gasteiger partial charge in [-0.05, 0) is 34.9 Å². The van der Waals surface area contributed by atoms with E-state index >= 15 is 0 Å². The summed E-state index contributed by atoms with van der Waals surface area (Å²) in [5.74, 6) is -0.549. The zero-order valence-electron chi connectivity index (χ0n) is 14.1. The molecule has 0 saturated carbocycles. The number of hydrogen-bond donors (Lipinski definition) is 2. The van der Waals surface area contributed by atoms with Gasteiger partial charge in [0.15, 0.2) is 0 Å². The number of nitrogens with two attached hydrogens (primary N) is 1. The average molecular weight is 371 g/mol. The van der Waals surface area contributed by atoms with Gasteiger partial charge in [-0.1, -0.05) is 42.5 Å². The Morgan fingerprint density at radius 1 is 1.04 bits per heavy atom. The number of anilines is 1. The van der Waals surface area contributed by atoms with Crippen LogP contribution in [0.25, 0.3) is 11.1 Å². The molecule has 0 spiro atoms. The Bertz CT molecular complexity index is 956. The molecule has 27 heavy (non-hydrogen) atoms. The van der Waals surface area contributed by atoms with Crippen molar-refractivity contribution in [2.75, 3.05) is 5.32 Å². The van der Waals surface area contributed by atoms with Gasteiger partial charge in [0, 0.05) is 12.7 Å². The summed E-state index contributed by atoms with van der Waals surface area (Å²) in [6.07, 6.45) is -3.06. The SMILES string of the molecule is NC(=O)c1c(-c2cccc(C(F)(F)F)c2)ccnc1NCc1ccccc1. The minimum atomic E-state index is -4.48. The molecule has 4 nitrogen and oxygen atoms in total. The van der Waals surface area contributed by atoms with Crippen molar-refractivity contribution in [3.63, 3.8) is 0 Å². The summed E-state index contributed by atoms with van der Waals surface area (Å²) >= 11 is 0. The molecule has 0 radical (unpaired) electrons. The number of carbonyl (C=O) groups is 1. The molecule has 0 bridgehead atoms. The van der Waals surface area contributed by atoms with Gasteiger partial charge in [0.2, 0.25) is 0 Å². The van der Waals surface area contributed by atoms with E-state index in [0.29, 0.717) is 12.1 Å². The minimum absolute atomic E-state index is 0.0488. The fourth-order valence-electron chi connectivity index (χ4n) is 2.73. The van der Waals surface area contributed by atoms with E-state index in [9.17, 15) is 18.0 Å². The molecule has 1 amide bonds. The van der Waals surface area contributed by atoms with Crippen LogP contribution in [0.5, 0.6) is 0 Å². The normalized spacial score (nSPS) is 11.2. The molecule has 1 aromatic heterocycles. The van der Waals surface area contributed by atoms with Crippen molar-refractivity contribution in [3.05, 3.63) is 83.6 Å². The second kappa shape index (κ2) is 7.49. The second-order valence-corrected chi connectivity index (χ2v) is 5.86. The van der Waals surface area contributed by atoms with Gasteiger partial charge in [0.05, 0.1) is 11.1 Å². The first-order valence-corrected chi connectivity index (χ1v) is 8.10. The van der Waals surface area contributed by atoms with Crippen LogP contribution in [0.1, 0.15) is 21.5 Å². The van der Waals surface area contributed by atoms with Crippen molar-refractivity contribution in [2.24, 2.45) is 5.73 Å². The van der Waals surface area contributed by atoms with Crippen LogP contribution in [0.3, 0.4) is 0 Å². The molecular formula is C20H16F3N3O. The summed E-state index contributed by atoms with van der Waals surface area (Å²) in [6, 6.07) is 15.6. The third kappa shape index (κ3) is 4.25. The van der Waals surface area contributed by atoms with E-state index in [2.05, 4.69) is 10.3 Å². The Labute approximate surface area is 153 Å². The van der Waals surface area contributed by atoms with Crippen LogP contribution in [-0.4, -0.2) is 10.9 Å². The van der Waals surface area contributed by atoms with E-state index < -0.39 is 17.6 Å². The third-order valence-corrected chi connectivity index (χ3v) is 4.00. The van der Waals surface area contributed by atoms with E-state index in [-0.39, 0.29) is 16.9 Å². The average Bonchev–Trinajstić information content (AvgIpc) is 2.66. The highest BCUT2D eigenvalue weighted by molar-refractivity contribution is 6.04. The number of nitrogens with one attached hydrogen (secondary N) is 1. The van der Waals surface area contributed by atoms with Gasteiger partial charge < -0.3 is 11.1 Å². The lowest BCUT2D eigenvalue weighted by atomic mass is 9.98. The Kier molecular flexibility index (Phi) is 5.12. The molecule has 7 heteroatoms. The van der Waals surface area contributed by atoms with Gasteiger partial charge in [-0.2, -0.15) is 13.2 Å². The van der Waals surface area contributed by atoms with E-state index in [1.54, 1.807) is 0 Å². The number of pyridine rings is 1. The van der Waals surface area contributed by atoms with Crippen LogP contribution < -0.4 is 11.1 Å². The van der Waals surface area contributed by atoms with E-state index in [1.807, 2.05) is 30.3 Å². The summed E-state index contributed by atoms with van der Waals surface area (Å²) < 4.78 is 39.0. The topological polar surface area (TPSA) is 68.0 Å². The van der Waals surface area contributed by atoms with Gasteiger partial charge in [-0.15, -0.1) is 0 Å². The highest BCUT2D eigenvalue weighted by Crippen LogP contribution is 2.34. The molecule has 0 saturated heterocycles. The number of alkyl halides is 3. The number of carbonyl (C=O) groups excluding carboxylic acids is 1. The quantitative estimate of drug-likeness (QED) is 0.695. The number of halogens is 3.